The van der Waals surface area contributed by atoms with Gasteiger partial charge in [-0.3, -0.25) is 10.1 Å². The van der Waals surface area contributed by atoms with Gasteiger partial charge in [0.2, 0.25) is 5.91 Å². The van der Waals surface area contributed by atoms with Gasteiger partial charge in [0.05, 0.1) is 5.56 Å². The lowest BCUT2D eigenvalue weighted by molar-refractivity contribution is -0.137. The van der Waals surface area contributed by atoms with Gasteiger partial charge in [-0.15, -0.1) is 0 Å². The SMILES string of the molecule is CNC(=O)[C@@H](N[C@H](CCc1ccc(C(F)(F)F)cc1)c1ccc(Cl)nc1)c1ccccc1. The summed E-state index contributed by atoms with van der Waals surface area (Å²) < 4.78 is 38.5. The molecule has 2 aromatic carbocycles. The number of aryl methyl sites for hydroxylation is 1. The lowest BCUT2D eigenvalue weighted by Gasteiger charge is -2.26. The van der Waals surface area contributed by atoms with Crippen LogP contribution in [-0.4, -0.2) is 17.9 Å². The molecule has 0 fully saturated rings. The maximum Gasteiger partial charge on any atom is 0.416 e. The summed E-state index contributed by atoms with van der Waals surface area (Å²) in [6, 6.07) is 17.0. The molecule has 0 radical (unpaired) electrons. The van der Waals surface area contributed by atoms with E-state index < -0.39 is 17.8 Å². The van der Waals surface area contributed by atoms with Gasteiger partial charge in [0, 0.05) is 19.3 Å². The fourth-order valence-corrected chi connectivity index (χ4v) is 3.54. The van der Waals surface area contributed by atoms with Crippen molar-refractivity contribution in [2.45, 2.75) is 31.1 Å². The van der Waals surface area contributed by atoms with Crippen LogP contribution >= 0.6 is 11.6 Å². The summed E-state index contributed by atoms with van der Waals surface area (Å²) >= 11 is 5.93. The number of hydrogen-bond donors (Lipinski definition) is 2. The van der Waals surface area contributed by atoms with Gasteiger partial charge in [0.25, 0.3) is 0 Å². The number of amides is 1. The molecule has 2 atom stereocenters. The standard InChI is InChI=1S/C24H23ClF3N3O/c1-29-23(32)22(17-5-3-2-4-6-17)31-20(18-10-14-21(25)30-15-18)13-9-16-7-11-19(12-8-16)24(26,27)28/h2-8,10-12,14-15,20,22,31H,9,13H2,1H3,(H,29,32)/t20-,22+/m1/s1. The molecule has 8 heteroatoms. The molecule has 168 valence electrons. The molecule has 4 nitrogen and oxygen atoms in total. The van der Waals surface area contributed by atoms with Gasteiger partial charge in [-0.2, -0.15) is 13.2 Å². The van der Waals surface area contributed by atoms with Crippen molar-refractivity contribution in [1.29, 1.82) is 0 Å². The lowest BCUT2D eigenvalue weighted by Crippen LogP contribution is -2.38. The topological polar surface area (TPSA) is 54.0 Å². The first-order chi connectivity index (χ1) is 15.3. The lowest BCUT2D eigenvalue weighted by atomic mass is 9.97. The van der Waals surface area contributed by atoms with Crippen LogP contribution in [0, 0.1) is 0 Å². The number of aromatic nitrogens is 1. The molecule has 0 saturated carbocycles. The molecule has 0 bridgehead atoms. The fraction of sp³-hybridized carbons (Fsp3) is 0.250. The molecule has 0 aliphatic heterocycles. The Morgan fingerprint density at radius 2 is 1.69 bits per heavy atom. The minimum atomic E-state index is -4.37. The highest BCUT2D eigenvalue weighted by atomic mass is 35.5. The summed E-state index contributed by atoms with van der Waals surface area (Å²) in [5, 5.41) is 6.41. The number of nitrogens with zero attached hydrogens (tertiary/aromatic N) is 1. The Labute approximate surface area is 189 Å². The largest absolute Gasteiger partial charge is 0.416 e. The van der Waals surface area contributed by atoms with Gasteiger partial charge in [-0.05, 0) is 47.7 Å². The van der Waals surface area contributed by atoms with E-state index in [0.29, 0.717) is 18.0 Å². The summed E-state index contributed by atoms with van der Waals surface area (Å²) in [5.41, 5.74) is 1.71. The number of hydrogen-bond acceptors (Lipinski definition) is 3. The van der Waals surface area contributed by atoms with Crippen molar-refractivity contribution in [3.8, 4) is 0 Å². The Morgan fingerprint density at radius 3 is 2.25 bits per heavy atom. The third kappa shape index (κ3) is 6.31. The Bertz CT molecular complexity index is 1010. The predicted molar refractivity (Wildman–Crippen MR) is 118 cm³/mol. The maximum atomic E-state index is 12.8. The minimum Gasteiger partial charge on any atom is -0.358 e. The van der Waals surface area contributed by atoms with E-state index in [4.69, 9.17) is 11.6 Å². The average Bonchev–Trinajstić information content (AvgIpc) is 2.80. The van der Waals surface area contributed by atoms with Crippen LogP contribution < -0.4 is 10.6 Å². The minimum absolute atomic E-state index is 0.197. The number of halogens is 4. The summed E-state index contributed by atoms with van der Waals surface area (Å²) in [7, 11) is 1.57. The zero-order valence-corrected chi connectivity index (χ0v) is 18.1. The molecule has 1 amide bonds. The van der Waals surface area contributed by atoms with Crippen LogP contribution in [-0.2, 0) is 17.4 Å². The first-order valence-corrected chi connectivity index (χ1v) is 10.5. The van der Waals surface area contributed by atoms with Gasteiger partial charge in [0.15, 0.2) is 0 Å². The second-order valence-electron chi connectivity index (χ2n) is 7.32. The van der Waals surface area contributed by atoms with Gasteiger partial charge in [-0.1, -0.05) is 60.1 Å². The van der Waals surface area contributed by atoms with Crippen molar-refractivity contribution >= 4 is 17.5 Å². The van der Waals surface area contributed by atoms with Crippen molar-refractivity contribution in [3.63, 3.8) is 0 Å². The molecular formula is C24H23ClF3N3O. The van der Waals surface area contributed by atoms with E-state index in [0.717, 1.165) is 28.8 Å². The quantitative estimate of drug-likeness (QED) is 0.435. The number of benzene rings is 2. The van der Waals surface area contributed by atoms with Gasteiger partial charge >= 0.3 is 6.18 Å². The van der Waals surface area contributed by atoms with E-state index in [1.807, 2.05) is 36.4 Å². The molecule has 0 spiro atoms. The number of nitrogens with one attached hydrogen (secondary N) is 2. The van der Waals surface area contributed by atoms with Gasteiger partial charge < -0.3 is 5.32 Å². The monoisotopic (exact) mass is 461 g/mol. The third-order valence-electron chi connectivity index (χ3n) is 5.16. The zero-order valence-electron chi connectivity index (χ0n) is 17.4. The van der Waals surface area contributed by atoms with Crippen LogP contribution in [0.25, 0.3) is 0 Å². The van der Waals surface area contributed by atoms with Gasteiger partial charge in [0.1, 0.15) is 11.2 Å². The van der Waals surface area contributed by atoms with Crippen molar-refractivity contribution in [1.82, 2.24) is 15.6 Å². The highest BCUT2D eigenvalue weighted by Crippen LogP contribution is 2.30. The van der Waals surface area contributed by atoms with Crippen LogP contribution in [0.2, 0.25) is 5.15 Å². The number of rotatable bonds is 8. The molecule has 0 unspecified atom stereocenters. The molecular weight excluding hydrogens is 439 g/mol. The average molecular weight is 462 g/mol. The van der Waals surface area contributed by atoms with Crippen LogP contribution in [0.3, 0.4) is 0 Å². The second-order valence-corrected chi connectivity index (χ2v) is 7.71. The molecule has 0 saturated heterocycles. The molecule has 2 N–H and O–H groups in total. The molecule has 3 rings (SSSR count). The normalized spacial score (nSPS) is 13.4. The summed E-state index contributed by atoms with van der Waals surface area (Å²) in [4.78, 5) is 16.8. The van der Waals surface area contributed by atoms with E-state index in [1.54, 1.807) is 19.3 Å². The Balaban J connectivity index is 1.83. The second kappa shape index (κ2) is 10.6. The molecule has 32 heavy (non-hydrogen) atoms. The third-order valence-corrected chi connectivity index (χ3v) is 5.39. The van der Waals surface area contributed by atoms with Crippen LogP contribution in [0.4, 0.5) is 13.2 Å². The van der Waals surface area contributed by atoms with Crippen LogP contribution in [0.5, 0.6) is 0 Å². The van der Waals surface area contributed by atoms with E-state index in [2.05, 4.69) is 15.6 Å². The predicted octanol–water partition coefficient (Wildman–Crippen LogP) is 5.50. The molecule has 1 aromatic heterocycles. The Morgan fingerprint density at radius 1 is 1.00 bits per heavy atom. The van der Waals surface area contributed by atoms with E-state index in [9.17, 15) is 18.0 Å². The van der Waals surface area contributed by atoms with Crippen molar-refractivity contribution in [3.05, 3.63) is 100 Å². The van der Waals surface area contributed by atoms with E-state index in [1.165, 1.54) is 12.1 Å². The first kappa shape index (κ1) is 23.8. The molecule has 1 heterocycles. The van der Waals surface area contributed by atoms with Crippen LogP contribution in [0.1, 0.15) is 40.8 Å². The Hall–Kier alpha value is -2.90. The maximum absolute atomic E-state index is 12.8. The summed E-state index contributed by atoms with van der Waals surface area (Å²) in [6.45, 7) is 0. The van der Waals surface area contributed by atoms with E-state index >= 15 is 0 Å². The number of pyridine rings is 1. The number of carbonyl (C=O) groups excluding carboxylic acids is 1. The van der Waals surface area contributed by atoms with Crippen LogP contribution in [0.15, 0.2) is 72.9 Å². The molecule has 3 aromatic rings. The van der Waals surface area contributed by atoms with Gasteiger partial charge in [-0.25, -0.2) is 4.98 Å². The van der Waals surface area contributed by atoms with E-state index in [-0.39, 0.29) is 11.9 Å². The fourth-order valence-electron chi connectivity index (χ4n) is 3.43. The first-order valence-electron chi connectivity index (χ1n) is 10.1. The number of likely N-dealkylation sites (N-methyl/N-ethyl adjacent to an activating group) is 1. The highest BCUT2D eigenvalue weighted by molar-refractivity contribution is 6.29. The Kier molecular flexibility index (Phi) is 7.88. The van der Waals surface area contributed by atoms with Crippen molar-refractivity contribution in [2.75, 3.05) is 7.05 Å². The smallest absolute Gasteiger partial charge is 0.358 e. The zero-order chi connectivity index (χ0) is 23.1. The number of carbonyl (C=O) groups is 1. The highest BCUT2D eigenvalue weighted by Gasteiger charge is 2.30. The summed E-state index contributed by atoms with van der Waals surface area (Å²) in [5.74, 6) is -0.197. The summed E-state index contributed by atoms with van der Waals surface area (Å²) in [6.07, 6.45) is -1.69. The van der Waals surface area contributed by atoms with Crippen molar-refractivity contribution in [2.24, 2.45) is 0 Å². The van der Waals surface area contributed by atoms with Crippen molar-refractivity contribution < 1.29 is 18.0 Å². The molecule has 0 aliphatic rings. The number of alkyl halides is 3. The molecule has 0 aliphatic carbocycles.